The molecular weight excluding hydrogens is 201 g/mol. The van der Waals surface area contributed by atoms with Gasteiger partial charge < -0.3 is 5.73 Å². The Morgan fingerprint density at radius 1 is 1.57 bits per heavy atom. The first kappa shape index (κ1) is 11.0. The quantitative estimate of drug-likeness (QED) is 0.748. The van der Waals surface area contributed by atoms with Crippen LogP contribution < -0.4 is 5.73 Å². The average molecular weight is 212 g/mol. The van der Waals surface area contributed by atoms with E-state index in [9.17, 15) is 4.39 Å². The molecule has 1 unspecified atom stereocenters. The maximum atomic E-state index is 13.0. The fourth-order valence-corrected chi connectivity index (χ4v) is 1.39. The van der Waals surface area contributed by atoms with Gasteiger partial charge in [0.2, 0.25) is 0 Å². The van der Waals surface area contributed by atoms with Gasteiger partial charge in [0.05, 0.1) is 5.02 Å². The number of benzene rings is 1. The van der Waals surface area contributed by atoms with Crippen LogP contribution >= 0.6 is 11.6 Å². The number of hydrogen-bond acceptors (Lipinski definition) is 1. The van der Waals surface area contributed by atoms with Crippen LogP contribution in [0.25, 0.3) is 0 Å². The molecule has 0 saturated heterocycles. The highest BCUT2D eigenvalue weighted by Gasteiger charge is 2.11. The molecule has 1 atom stereocenters. The molecule has 0 radical (unpaired) electrons. The van der Waals surface area contributed by atoms with Crippen molar-refractivity contribution in [2.45, 2.75) is 19.4 Å². The predicted octanol–water partition coefficient (Wildman–Crippen LogP) is 2.89. The van der Waals surface area contributed by atoms with Crippen molar-refractivity contribution in [3.8, 4) is 11.8 Å². The Kier molecular flexibility index (Phi) is 3.94. The Morgan fingerprint density at radius 2 is 2.29 bits per heavy atom. The second-order valence-corrected chi connectivity index (χ2v) is 3.26. The second-order valence-electron chi connectivity index (χ2n) is 2.88. The Bertz CT molecular complexity index is 379. The van der Waals surface area contributed by atoms with Crippen molar-refractivity contribution in [2.75, 3.05) is 0 Å². The molecule has 0 aliphatic heterocycles. The van der Waals surface area contributed by atoms with Gasteiger partial charge in [0.1, 0.15) is 5.82 Å². The molecule has 0 amide bonds. The topological polar surface area (TPSA) is 26.0 Å². The summed E-state index contributed by atoms with van der Waals surface area (Å²) in [5, 5.41) is 0.0953. The van der Waals surface area contributed by atoms with Crippen LogP contribution in [0.5, 0.6) is 0 Å². The van der Waals surface area contributed by atoms with Crippen molar-refractivity contribution in [3.05, 3.63) is 34.6 Å². The molecule has 1 aromatic rings. The van der Waals surface area contributed by atoms with Gasteiger partial charge in [-0.05, 0) is 18.6 Å². The number of rotatable bonds is 2. The lowest BCUT2D eigenvalue weighted by atomic mass is 10.0. The maximum absolute atomic E-state index is 13.0. The summed E-state index contributed by atoms with van der Waals surface area (Å²) in [7, 11) is 0. The van der Waals surface area contributed by atoms with Crippen molar-refractivity contribution >= 4 is 11.6 Å². The minimum Gasteiger partial charge on any atom is -0.323 e. The summed E-state index contributed by atoms with van der Waals surface area (Å²) in [5.41, 5.74) is 6.40. The van der Waals surface area contributed by atoms with Crippen LogP contribution in [0.15, 0.2) is 18.2 Å². The molecular formula is C11H11ClFN. The van der Waals surface area contributed by atoms with Gasteiger partial charge in [-0.1, -0.05) is 23.7 Å². The molecule has 1 aromatic carbocycles. The highest BCUT2D eigenvalue weighted by atomic mass is 35.5. The lowest BCUT2D eigenvalue weighted by molar-refractivity contribution is 0.621. The van der Waals surface area contributed by atoms with Crippen LogP contribution in [0.1, 0.15) is 24.9 Å². The van der Waals surface area contributed by atoms with Crippen LogP contribution in [-0.4, -0.2) is 0 Å². The van der Waals surface area contributed by atoms with Crippen molar-refractivity contribution in [2.24, 2.45) is 5.73 Å². The third-order valence-corrected chi connectivity index (χ3v) is 2.28. The summed E-state index contributed by atoms with van der Waals surface area (Å²) in [4.78, 5) is 0. The molecule has 0 saturated carbocycles. The molecule has 2 N–H and O–H groups in total. The van der Waals surface area contributed by atoms with E-state index in [4.69, 9.17) is 17.3 Å². The van der Waals surface area contributed by atoms with E-state index < -0.39 is 5.82 Å². The summed E-state index contributed by atoms with van der Waals surface area (Å²) in [5.74, 6) is 5.13. The SMILES string of the molecule is CC#CCC(N)c1cccc(F)c1Cl. The molecule has 0 spiro atoms. The summed E-state index contributed by atoms with van der Waals surface area (Å²) >= 11 is 5.76. The summed E-state index contributed by atoms with van der Waals surface area (Å²) in [6.45, 7) is 1.74. The summed E-state index contributed by atoms with van der Waals surface area (Å²) < 4.78 is 13.0. The van der Waals surface area contributed by atoms with E-state index in [2.05, 4.69) is 11.8 Å². The standard InChI is InChI=1S/C11H11ClFN/c1-2-3-7-10(14)8-5-4-6-9(13)11(8)12/h4-6,10H,7,14H2,1H3. The van der Waals surface area contributed by atoms with E-state index >= 15 is 0 Å². The zero-order chi connectivity index (χ0) is 10.6. The number of hydrogen-bond donors (Lipinski definition) is 1. The minimum absolute atomic E-state index is 0.0953. The molecule has 14 heavy (non-hydrogen) atoms. The summed E-state index contributed by atoms with van der Waals surface area (Å²) in [6.07, 6.45) is 0.486. The lowest BCUT2D eigenvalue weighted by Gasteiger charge is -2.10. The van der Waals surface area contributed by atoms with E-state index in [1.165, 1.54) is 6.07 Å². The fourth-order valence-electron chi connectivity index (χ4n) is 1.13. The van der Waals surface area contributed by atoms with Gasteiger partial charge in [-0.3, -0.25) is 0 Å². The van der Waals surface area contributed by atoms with Crippen molar-refractivity contribution < 1.29 is 4.39 Å². The van der Waals surface area contributed by atoms with Crippen molar-refractivity contribution in [3.63, 3.8) is 0 Å². The van der Waals surface area contributed by atoms with Gasteiger partial charge in [-0.15, -0.1) is 11.8 Å². The Hall–Kier alpha value is -1.04. The van der Waals surface area contributed by atoms with Crippen LogP contribution in [0.2, 0.25) is 5.02 Å². The van der Waals surface area contributed by atoms with Gasteiger partial charge in [0.25, 0.3) is 0 Å². The number of nitrogens with two attached hydrogens (primary N) is 1. The molecule has 0 aromatic heterocycles. The van der Waals surface area contributed by atoms with E-state index in [0.717, 1.165) is 0 Å². The molecule has 0 bridgehead atoms. The van der Waals surface area contributed by atoms with Gasteiger partial charge >= 0.3 is 0 Å². The normalized spacial score (nSPS) is 11.7. The smallest absolute Gasteiger partial charge is 0.142 e. The monoisotopic (exact) mass is 211 g/mol. The van der Waals surface area contributed by atoms with E-state index in [-0.39, 0.29) is 11.1 Å². The largest absolute Gasteiger partial charge is 0.323 e. The molecule has 3 heteroatoms. The predicted molar refractivity (Wildman–Crippen MR) is 56.4 cm³/mol. The highest BCUT2D eigenvalue weighted by Crippen LogP contribution is 2.25. The Labute approximate surface area is 88.1 Å². The first-order valence-corrected chi connectivity index (χ1v) is 4.63. The first-order valence-electron chi connectivity index (χ1n) is 4.26. The fraction of sp³-hybridized carbons (Fsp3) is 0.273. The highest BCUT2D eigenvalue weighted by molar-refractivity contribution is 6.31. The van der Waals surface area contributed by atoms with E-state index in [1.54, 1.807) is 19.1 Å². The zero-order valence-electron chi connectivity index (χ0n) is 7.85. The zero-order valence-corrected chi connectivity index (χ0v) is 8.61. The summed E-state index contributed by atoms with van der Waals surface area (Å²) in [6, 6.07) is 4.29. The van der Waals surface area contributed by atoms with Crippen LogP contribution in [0.4, 0.5) is 4.39 Å². The van der Waals surface area contributed by atoms with E-state index in [0.29, 0.717) is 12.0 Å². The Balaban J connectivity index is 2.93. The first-order chi connectivity index (χ1) is 6.66. The molecule has 0 heterocycles. The molecule has 0 fully saturated rings. The van der Waals surface area contributed by atoms with E-state index in [1.807, 2.05) is 0 Å². The third kappa shape index (κ3) is 2.47. The Morgan fingerprint density at radius 3 is 2.93 bits per heavy atom. The maximum Gasteiger partial charge on any atom is 0.142 e. The molecule has 1 nitrogen and oxygen atoms in total. The van der Waals surface area contributed by atoms with Crippen molar-refractivity contribution in [1.29, 1.82) is 0 Å². The lowest BCUT2D eigenvalue weighted by Crippen LogP contribution is -2.10. The van der Waals surface area contributed by atoms with Crippen LogP contribution in [0, 0.1) is 17.7 Å². The molecule has 1 rings (SSSR count). The molecule has 0 aliphatic carbocycles. The van der Waals surface area contributed by atoms with Crippen LogP contribution in [-0.2, 0) is 0 Å². The van der Waals surface area contributed by atoms with Crippen molar-refractivity contribution in [1.82, 2.24) is 0 Å². The van der Waals surface area contributed by atoms with Gasteiger partial charge in [0.15, 0.2) is 0 Å². The van der Waals surface area contributed by atoms with Gasteiger partial charge in [-0.25, -0.2) is 4.39 Å². The molecule has 74 valence electrons. The third-order valence-electron chi connectivity index (χ3n) is 1.88. The molecule has 0 aliphatic rings. The minimum atomic E-state index is -0.441. The number of halogens is 2. The second kappa shape index (κ2) is 4.99. The average Bonchev–Trinajstić information content (AvgIpc) is 2.18. The van der Waals surface area contributed by atoms with Gasteiger partial charge in [-0.2, -0.15) is 0 Å². The van der Waals surface area contributed by atoms with Gasteiger partial charge in [0, 0.05) is 12.5 Å². The van der Waals surface area contributed by atoms with Crippen LogP contribution in [0.3, 0.4) is 0 Å².